The molecular weight excluding hydrogens is 367 g/mol. The van der Waals surface area contributed by atoms with Crippen LogP contribution in [0.4, 0.5) is 15.8 Å². The Bertz CT molecular complexity index is 811. The van der Waals surface area contributed by atoms with Crippen molar-refractivity contribution in [3.8, 4) is 0 Å². The molecule has 0 aliphatic carbocycles. The summed E-state index contributed by atoms with van der Waals surface area (Å²) in [6.07, 6.45) is 0. The first-order valence-electron chi connectivity index (χ1n) is 5.52. The molecule has 0 spiro atoms. The van der Waals surface area contributed by atoms with Gasteiger partial charge in [-0.2, -0.15) is 0 Å². The topological polar surface area (TPSA) is 89.3 Å². The smallest absolute Gasteiger partial charge is 0.271 e. The minimum Gasteiger partial charge on any atom is -0.278 e. The van der Waals surface area contributed by atoms with Gasteiger partial charge in [-0.15, -0.1) is 0 Å². The Morgan fingerprint density at radius 1 is 1.19 bits per heavy atom. The van der Waals surface area contributed by atoms with E-state index in [2.05, 4.69) is 20.7 Å². The number of nitro benzene ring substituents is 1. The van der Waals surface area contributed by atoms with E-state index >= 15 is 0 Å². The molecule has 0 aromatic heterocycles. The van der Waals surface area contributed by atoms with Crippen molar-refractivity contribution in [1.82, 2.24) is 0 Å². The molecule has 2 aromatic carbocycles. The lowest BCUT2D eigenvalue weighted by atomic mass is 10.3. The number of rotatable bonds is 4. The molecule has 0 heterocycles. The fourth-order valence-corrected chi connectivity index (χ4v) is 3.20. The van der Waals surface area contributed by atoms with Gasteiger partial charge in [0.15, 0.2) is 0 Å². The van der Waals surface area contributed by atoms with Crippen molar-refractivity contribution >= 4 is 37.3 Å². The lowest BCUT2D eigenvalue weighted by Crippen LogP contribution is -2.15. The molecule has 0 unspecified atom stereocenters. The summed E-state index contributed by atoms with van der Waals surface area (Å²) in [5.41, 5.74) is -0.336. The van der Waals surface area contributed by atoms with Crippen molar-refractivity contribution in [3.63, 3.8) is 0 Å². The van der Waals surface area contributed by atoms with Crippen molar-refractivity contribution in [2.45, 2.75) is 4.90 Å². The standard InChI is InChI=1S/C12H8BrFN2O4S/c13-9-6-5-8(16(17)18)7-11(9)15-21(19,20)12-4-2-1-3-10(12)14/h1-7,15H. The van der Waals surface area contributed by atoms with Gasteiger partial charge in [0, 0.05) is 16.6 Å². The van der Waals surface area contributed by atoms with Crippen LogP contribution in [0.1, 0.15) is 0 Å². The zero-order valence-corrected chi connectivity index (χ0v) is 12.7. The molecule has 0 fully saturated rings. The van der Waals surface area contributed by atoms with Gasteiger partial charge < -0.3 is 0 Å². The minimum absolute atomic E-state index is 0.0487. The molecule has 6 nitrogen and oxygen atoms in total. The van der Waals surface area contributed by atoms with E-state index in [1.54, 1.807) is 0 Å². The third-order valence-electron chi connectivity index (χ3n) is 2.53. The van der Waals surface area contributed by atoms with Gasteiger partial charge in [0.05, 0.1) is 10.6 Å². The van der Waals surface area contributed by atoms with Gasteiger partial charge in [-0.3, -0.25) is 14.8 Å². The number of anilines is 1. The first-order valence-corrected chi connectivity index (χ1v) is 7.80. The van der Waals surface area contributed by atoms with Crippen LogP contribution in [0, 0.1) is 15.9 Å². The molecule has 0 saturated heterocycles. The van der Waals surface area contributed by atoms with Gasteiger partial charge in [0.1, 0.15) is 10.7 Å². The number of nitrogens with zero attached hydrogens (tertiary/aromatic N) is 1. The van der Waals surface area contributed by atoms with E-state index in [1.807, 2.05) is 0 Å². The molecule has 21 heavy (non-hydrogen) atoms. The third kappa shape index (κ3) is 3.37. The molecule has 110 valence electrons. The van der Waals surface area contributed by atoms with Gasteiger partial charge in [-0.05, 0) is 34.1 Å². The molecule has 0 aliphatic rings. The molecule has 2 rings (SSSR count). The number of nitrogens with one attached hydrogen (secondary N) is 1. The molecule has 0 amide bonds. The van der Waals surface area contributed by atoms with Crippen molar-refractivity contribution in [1.29, 1.82) is 0 Å². The lowest BCUT2D eigenvalue weighted by Gasteiger charge is -2.10. The Hall–Kier alpha value is -2.00. The number of non-ortho nitro benzene ring substituents is 1. The summed E-state index contributed by atoms with van der Waals surface area (Å²) in [6.45, 7) is 0. The maximum atomic E-state index is 13.6. The first kappa shape index (κ1) is 15.4. The number of sulfonamides is 1. The zero-order chi connectivity index (χ0) is 15.6. The highest BCUT2D eigenvalue weighted by Crippen LogP contribution is 2.29. The Kier molecular flexibility index (Phi) is 4.24. The van der Waals surface area contributed by atoms with Crippen LogP contribution in [0.5, 0.6) is 0 Å². The molecule has 0 saturated carbocycles. The second-order valence-electron chi connectivity index (χ2n) is 3.96. The second kappa shape index (κ2) is 5.78. The second-order valence-corrected chi connectivity index (χ2v) is 6.46. The average Bonchev–Trinajstić information content (AvgIpc) is 2.41. The average molecular weight is 375 g/mol. The van der Waals surface area contributed by atoms with Crippen LogP contribution >= 0.6 is 15.9 Å². The lowest BCUT2D eigenvalue weighted by molar-refractivity contribution is -0.384. The van der Waals surface area contributed by atoms with Crippen LogP contribution < -0.4 is 4.72 Å². The summed E-state index contributed by atoms with van der Waals surface area (Å²) < 4.78 is 40.2. The quantitative estimate of drug-likeness (QED) is 0.656. The number of hydrogen-bond acceptors (Lipinski definition) is 4. The predicted octanol–water partition coefficient (Wildman–Crippen LogP) is 3.30. The third-order valence-corrected chi connectivity index (χ3v) is 4.62. The SMILES string of the molecule is O=[N+]([O-])c1ccc(Br)c(NS(=O)(=O)c2ccccc2F)c1. The van der Waals surface area contributed by atoms with Crippen LogP contribution in [0.2, 0.25) is 0 Å². The summed E-state index contributed by atoms with van der Waals surface area (Å²) in [7, 11) is -4.19. The van der Waals surface area contributed by atoms with Crippen molar-refractivity contribution in [3.05, 3.63) is 62.9 Å². The molecule has 0 aliphatic heterocycles. The maximum Gasteiger partial charge on any atom is 0.271 e. The minimum atomic E-state index is -4.19. The summed E-state index contributed by atoms with van der Waals surface area (Å²) in [4.78, 5) is 9.51. The summed E-state index contributed by atoms with van der Waals surface area (Å²) in [5.74, 6) is -0.911. The fraction of sp³-hybridized carbons (Fsp3) is 0. The van der Waals surface area contributed by atoms with Crippen molar-refractivity contribution in [2.75, 3.05) is 4.72 Å². The Labute approximate surface area is 127 Å². The predicted molar refractivity (Wildman–Crippen MR) is 78.0 cm³/mol. The van der Waals surface area contributed by atoms with E-state index in [4.69, 9.17) is 0 Å². The maximum absolute atomic E-state index is 13.6. The highest BCUT2D eigenvalue weighted by molar-refractivity contribution is 9.10. The Morgan fingerprint density at radius 3 is 2.48 bits per heavy atom. The zero-order valence-electron chi connectivity index (χ0n) is 10.3. The normalized spacial score (nSPS) is 11.1. The van der Waals surface area contributed by atoms with Gasteiger partial charge in [0.25, 0.3) is 15.7 Å². The van der Waals surface area contributed by atoms with E-state index < -0.39 is 25.7 Å². The van der Waals surface area contributed by atoms with Crippen LogP contribution in [-0.4, -0.2) is 13.3 Å². The van der Waals surface area contributed by atoms with Gasteiger partial charge >= 0.3 is 0 Å². The molecular formula is C12H8BrFN2O4S. The van der Waals surface area contributed by atoms with Gasteiger partial charge in [-0.1, -0.05) is 12.1 Å². The summed E-state index contributed by atoms with van der Waals surface area (Å²) in [6, 6.07) is 8.43. The van der Waals surface area contributed by atoms with Crippen molar-refractivity contribution in [2.24, 2.45) is 0 Å². The highest BCUT2D eigenvalue weighted by Gasteiger charge is 2.21. The number of nitro groups is 1. The number of benzene rings is 2. The van der Waals surface area contributed by atoms with E-state index in [9.17, 15) is 22.9 Å². The molecule has 1 N–H and O–H groups in total. The fourth-order valence-electron chi connectivity index (χ4n) is 1.57. The number of hydrogen-bond donors (Lipinski definition) is 1. The summed E-state index contributed by atoms with van der Waals surface area (Å²) >= 11 is 3.08. The first-order chi connectivity index (χ1) is 9.81. The molecule has 0 bridgehead atoms. The van der Waals surface area contributed by atoms with Crippen LogP contribution in [0.3, 0.4) is 0 Å². The van der Waals surface area contributed by atoms with E-state index in [-0.39, 0.29) is 11.4 Å². The Balaban J connectivity index is 2.44. The highest BCUT2D eigenvalue weighted by atomic mass is 79.9. The summed E-state index contributed by atoms with van der Waals surface area (Å²) in [5, 5.41) is 10.7. The van der Waals surface area contributed by atoms with Crippen molar-refractivity contribution < 1.29 is 17.7 Å². The Morgan fingerprint density at radius 2 is 1.86 bits per heavy atom. The van der Waals surface area contributed by atoms with Gasteiger partial charge in [-0.25, -0.2) is 12.8 Å². The van der Waals surface area contributed by atoms with E-state index in [1.165, 1.54) is 24.3 Å². The van der Waals surface area contributed by atoms with Gasteiger partial charge in [0.2, 0.25) is 0 Å². The van der Waals surface area contributed by atoms with E-state index in [0.717, 1.165) is 18.2 Å². The molecule has 2 aromatic rings. The monoisotopic (exact) mass is 374 g/mol. The van der Waals surface area contributed by atoms with Crippen LogP contribution in [0.25, 0.3) is 0 Å². The molecule has 9 heteroatoms. The van der Waals surface area contributed by atoms with Crippen LogP contribution in [0.15, 0.2) is 51.8 Å². The van der Waals surface area contributed by atoms with Crippen LogP contribution in [-0.2, 0) is 10.0 Å². The molecule has 0 atom stereocenters. The molecule has 0 radical (unpaired) electrons. The largest absolute Gasteiger partial charge is 0.278 e. The number of halogens is 2. The van der Waals surface area contributed by atoms with E-state index in [0.29, 0.717) is 4.47 Å².